The summed E-state index contributed by atoms with van der Waals surface area (Å²) in [5.74, 6) is 0.297. The predicted octanol–water partition coefficient (Wildman–Crippen LogP) is 4.43. The van der Waals surface area contributed by atoms with Crippen molar-refractivity contribution < 1.29 is 0 Å². The van der Waals surface area contributed by atoms with E-state index in [4.69, 9.17) is 5.73 Å². The molecule has 3 aromatic rings. The van der Waals surface area contributed by atoms with Gasteiger partial charge in [0, 0.05) is 17.2 Å². The summed E-state index contributed by atoms with van der Waals surface area (Å²) in [4.78, 5) is 0. The smallest absolute Gasteiger partial charge is 0.0396 e. The van der Waals surface area contributed by atoms with Crippen molar-refractivity contribution in [2.24, 2.45) is 0 Å². The van der Waals surface area contributed by atoms with Crippen molar-refractivity contribution in [2.45, 2.75) is 5.92 Å². The maximum atomic E-state index is 6.23. The number of rotatable bonds is 1. The first-order valence-corrected chi connectivity index (χ1v) is 6.89. The Bertz CT molecular complexity index is 775. The van der Waals surface area contributed by atoms with Gasteiger partial charge in [-0.15, -0.1) is 0 Å². The Kier molecular flexibility index (Phi) is 2.40. The summed E-state index contributed by atoms with van der Waals surface area (Å²) in [6.07, 6.45) is 0. The average Bonchev–Trinajstić information content (AvgIpc) is 2.84. The van der Waals surface area contributed by atoms with Gasteiger partial charge in [0.05, 0.1) is 0 Å². The average molecular weight is 257 g/mol. The van der Waals surface area contributed by atoms with Crippen LogP contribution in [0.15, 0.2) is 72.8 Å². The number of hydrogen-bond acceptors (Lipinski definition) is 1. The van der Waals surface area contributed by atoms with E-state index in [1.807, 2.05) is 6.07 Å². The van der Waals surface area contributed by atoms with Crippen molar-refractivity contribution in [3.8, 4) is 11.1 Å². The first kappa shape index (κ1) is 11.3. The van der Waals surface area contributed by atoms with Gasteiger partial charge >= 0.3 is 0 Å². The normalized spacial score (nSPS) is 15.7. The van der Waals surface area contributed by atoms with E-state index < -0.39 is 0 Å². The molecule has 0 amide bonds. The lowest BCUT2D eigenvalue weighted by molar-refractivity contribution is 1.02. The van der Waals surface area contributed by atoms with Gasteiger partial charge in [0.2, 0.25) is 0 Å². The third-order valence-electron chi connectivity index (χ3n) is 4.11. The summed E-state index contributed by atoms with van der Waals surface area (Å²) in [7, 11) is 0. The molecule has 1 heteroatoms. The van der Waals surface area contributed by atoms with Crippen LogP contribution in [0.25, 0.3) is 11.1 Å². The molecule has 1 nitrogen and oxygen atoms in total. The Balaban J connectivity index is 2.05. The molecule has 1 unspecified atom stereocenters. The minimum absolute atomic E-state index is 0.297. The minimum atomic E-state index is 0.297. The summed E-state index contributed by atoms with van der Waals surface area (Å²) in [5.41, 5.74) is 13.6. The van der Waals surface area contributed by atoms with Crippen molar-refractivity contribution in [3.63, 3.8) is 0 Å². The Morgan fingerprint density at radius 1 is 0.650 bits per heavy atom. The first-order chi connectivity index (χ1) is 9.86. The van der Waals surface area contributed by atoms with Gasteiger partial charge in [0.25, 0.3) is 0 Å². The van der Waals surface area contributed by atoms with Crippen molar-refractivity contribution in [2.75, 3.05) is 5.73 Å². The Hall–Kier alpha value is -2.54. The second-order valence-electron chi connectivity index (χ2n) is 5.24. The van der Waals surface area contributed by atoms with Crippen molar-refractivity contribution in [1.29, 1.82) is 0 Å². The number of nitrogens with two attached hydrogens (primary N) is 1. The summed E-state index contributed by atoms with van der Waals surface area (Å²) in [6.45, 7) is 0. The third-order valence-corrected chi connectivity index (χ3v) is 4.11. The standard InChI is InChI=1S/C19H15N/c20-17-12-6-11-16-18(13-7-2-1-3-8-13)14-9-4-5-10-15(14)19(16)17/h1-12,18H,20H2. The van der Waals surface area contributed by atoms with E-state index in [9.17, 15) is 0 Å². The lowest BCUT2D eigenvalue weighted by atomic mass is 9.89. The zero-order valence-electron chi connectivity index (χ0n) is 11.1. The first-order valence-electron chi connectivity index (χ1n) is 6.89. The fourth-order valence-electron chi connectivity index (χ4n) is 3.29. The zero-order valence-corrected chi connectivity index (χ0v) is 11.1. The van der Waals surface area contributed by atoms with Gasteiger partial charge in [-0.2, -0.15) is 0 Å². The summed E-state index contributed by atoms with van der Waals surface area (Å²) in [5, 5.41) is 0. The molecule has 0 saturated heterocycles. The van der Waals surface area contributed by atoms with Crippen LogP contribution >= 0.6 is 0 Å². The van der Waals surface area contributed by atoms with Gasteiger partial charge in [-0.05, 0) is 28.3 Å². The van der Waals surface area contributed by atoms with Crippen molar-refractivity contribution in [1.82, 2.24) is 0 Å². The highest BCUT2D eigenvalue weighted by atomic mass is 14.6. The molecule has 2 N–H and O–H groups in total. The van der Waals surface area contributed by atoms with Gasteiger partial charge in [-0.1, -0.05) is 66.7 Å². The maximum absolute atomic E-state index is 6.23. The van der Waals surface area contributed by atoms with E-state index in [0.29, 0.717) is 5.92 Å². The Morgan fingerprint density at radius 3 is 2.20 bits per heavy atom. The highest BCUT2D eigenvalue weighted by Crippen LogP contribution is 2.49. The Labute approximate surface area is 118 Å². The molecular weight excluding hydrogens is 242 g/mol. The molecule has 0 spiro atoms. The summed E-state index contributed by atoms with van der Waals surface area (Å²) >= 11 is 0. The summed E-state index contributed by atoms with van der Waals surface area (Å²) in [6, 6.07) is 25.5. The van der Waals surface area contributed by atoms with Crippen molar-refractivity contribution >= 4 is 5.69 Å². The molecule has 1 atom stereocenters. The molecule has 96 valence electrons. The lowest BCUT2D eigenvalue weighted by Gasteiger charge is -2.14. The second-order valence-corrected chi connectivity index (χ2v) is 5.24. The van der Waals surface area contributed by atoms with E-state index in [1.165, 1.54) is 27.8 Å². The highest BCUT2D eigenvalue weighted by molar-refractivity contribution is 5.88. The minimum Gasteiger partial charge on any atom is -0.398 e. The van der Waals surface area contributed by atoms with Crippen LogP contribution in [0.1, 0.15) is 22.6 Å². The van der Waals surface area contributed by atoms with E-state index >= 15 is 0 Å². The van der Waals surface area contributed by atoms with Gasteiger partial charge in [0.15, 0.2) is 0 Å². The zero-order chi connectivity index (χ0) is 13.5. The molecule has 4 rings (SSSR count). The molecule has 20 heavy (non-hydrogen) atoms. The molecule has 0 aromatic heterocycles. The molecule has 0 fully saturated rings. The van der Waals surface area contributed by atoms with Crippen LogP contribution in [-0.4, -0.2) is 0 Å². The lowest BCUT2D eigenvalue weighted by Crippen LogP contribution is -1.99. The van der Waals surface area contributed by atoms with Crippen LogP contribution in [-0.2, 0) is 0 Å². The van der Waals surface area contributed by atoms with Crippen molar-refractivity contribution in [3.05, 3.63) is 89.5 Å². The summed E-state index contributed by atoms with van der Waals surface area (Å²) < 4.78 is 0. The van der Waals surface area contributed by atoms with E-state index in [1.54, 1.807) is 0 Å². The van der Waals surface area contributed by atoms with Crippen LogP contribution in [0.4, 0.5) is 5.69 Å². The molecular formula is C19H15N. The van der Waals surface area contributed by atoms with Gasteiger partial charge in [-0.25, -0.2) is 0 Å². The molecule has 0 saturated carbocycles. The van der Waals surface area contributed by atoms with E-state index in [-0.39, 0.29) is 0 Å². The largest absolute Gasteiger partial charge is 0.398 e. The highest BCUT2D eigenvalue weighted by Gasteiger charge is 2.30. The maximum Gasteiger partial charge on any atom is 0.0396 e. The van der Waals surface area contributed by atoms with Crippen LogP contribution in [0.2, 0.25) is 0 Å². The number of benzene rings is 3. The Morgan fingerprint density at radius 2 is 1.35 bits per heavy atom. The monoisotopic (exact) mass is 257 g/mol. The number of hydrogen-bond donors (Lipinski definition) is 1. The number of fused-ring (bicyclic) bond motifs is 3. The van der Waals surface area contributed by atoms with Gasteiger partial charge in [0.1, 0.15) is 0 Å². The SMILES string of the molecule is Nc1cccc2c1-c1ccccc1C2c1ccccc1. The number of nitrogen functional groups attached to an aromatic ring is 1. The molecule has 0 bridgehead atoms. The predicted molar refractivity (Wildman–Crippen MR) is 83.7 cm³/mol. The third kappa shape index (κ3) is 1.50. The molecule has 1 aliphatic rings. The van der Waals surface area contributed by atoms with Crippen LogP contribution < -0.4 is 5.73 Å². The fourth-order valence-corrected chi connectivity index (χ4v) is 3.29. The van der Waals surface area contributed by atoms with Gasteiger partial charge in [-0.3, -0.25) is 0 Å². The second kappa shape index (κ2) is 4.24. The fraction of sp³-hybridized carbons (Fsp3) is 0.0526. The molecule has 3 aromatic carbocycles. The molecule has 0 radical (unpaired) electrons. The topological polar surface area (TPSA) is 26.0 Å². The molecule has 0 heterocycles. The van der Waals surface area contributed by atoms with Gasteiger partial charge < -0.3 is 5.73 Å². The van der Waals surface area contributed by atoms with Crippen LogP contribution in [0.3, 0.4) is 0 Å². The van der Waals surface area contributed by atoms with Crippen LogP contribution in [0.5, 0.6) is 0 Å². The van der Waals surface area contributed by atoms with E-state index in [2.05, 4.69) is 66.7 Å². The number of anilines is 1. The molecule has 0 aliphatic heterocycles. The van der Waals surface area contributed by atoms with Crippen LogP contribution in [0, 0.1) is 0 Å². The quantitative estimate of drug-likeness (QED) is 0.502. The molecule has 1 aliphatic carbocycles. The van der Waals surface area contributed by atoms with E-state index in [0.717, 1.165) is 5.69 Å².